The molecule has 0 aromatic heterocycles. The smallest absolute Gasteiger partial charge is 0.253 e. The Kier molecular flexibility index (Phi) is 6.54. The van der Waals surface area contributed by atoms with E-state index in [4.69, 9.17) is 10.5 Å². The SMILES string of the molecule is CSc1ccc(C(=O)N2CCC(OCCCN)CC2)cc1. The van der Waals surface area contributed by atoms with Gasteiger partial charge in [0.2, 0.25) is 0 Å². The third-order valence-electron chi connectivity index (χ3n) is 3.77. The number of rotatable bonds is 6. The zero-order valence-electron chi connectivity index (χ0n) is 12.6. The van der Waals surface area contributed by atoms with Gasteiger partial charge in [-0.25, -0.2) is 0 Å². The van der Waals surface area contributed by atoms with Gasteiger partial charge in [-0.1, -0.05) is 0 Å². The van der Waals surface area contributed by atoms with Crippen molar-refractivity contribution in [2.45, 2.75) is 30.3 Å². The first-order valence-corrected chi connectivity index (χ1v) is 8.72. The van der Waals surface area contributed by atoms with Gasteiger partial charge in [-0.05, 0) is 56.3 Å². The molecule has 1 aliphatic rings. The van der Waals surface area contributed by atoms with Gasteiger partial charge in [-0.15, -0.1) is 11.8 Å². The van der Waals surface area contributed by atoms with Gasteiger partial charge in [0.05, 0.1) is 6.10 Å². The maximum Gasteiger partial charge on any atom is 0.253 e. The van der Waals surface area contributed by atoms with E-state index in [1.165, 1.54) is 4.90 Å². The zero-order valence-corrected chi connectivity index (χ0v) is 13.4. The number of nitrogens with zero attached hydrogens (tertiary/aromatic N) is 1. The highest BCUT2D eigenvalue weighted by atomic mass is 32.2. The topological polar surface area (TPSA) is 55.6 Å². The second kappa shape index (κ2) is 8.41. The minimum atomic E-state index is 0.128. The van der Waals surface area contributed by atoms with Crippen LogP contribution in [0.1, 0.15) is 29.6 Å². The Morgan fingerprint density at radius 3 is 2.57 bits per heavy atom. The zero-order chi connectivity index (χ0) is 15.1. The van der Waals surface area contributed by atoms with Crippen molar-refractivity contribution >= 4 is 17.7 Å². The van der Waals surface area contributed by atoms with Crippen molar-refractivity contribution in [1.29, 1.82) is 0 Å². The van der Waals surface area contributed by atoms with Gasteiger partial charge in [0.1, 0.15) is 0 Å². The first kappa shape index (κ1) is 16.3. The van der Waals surface area contributed by atoms with Crippen molar-refractivity contribution in [2.75, 3.05) is 32.5 Å². The summed E-state index contributed by atoms with van der Waals surface area (Å²) in [4.78, 5) is 15.5. The molecule has 5 heteroatoms. The summed E-state index contributed by atoms with van der Waals surface area (Å²) < 4.78 is 5.77. The average molecular weight is 308 g/mol. The molecule has 4 nitrogen and oxygen atoms in total. The molecule has 0 saturated carbocycles. The molecular weight excluding hydrogens is 284 g/mol. The van der Waals surface area contributed by atoms with Crippen molar-refractivity contribution in [1.82, 2.24) is 4.90 Å². The van der Waals surface area contributed by atoms with Crippen LogP contribution in [0.2, 0.25) is 0 Å². The highest BCUT2D eigenvalue weighted by molar-refractivity contribution is 7.98. The molecule has 0 spiro atoms. The third-order valence-corrected chi connectivity index (χ3v) is 4.51. The second-order valence-corrected chi connectivity index (χ2v) is 6.11. The van der Waals surface area contributed by atoms with Crippen molar-refractivity contribution < 1.29 is 9.53 Å². The van der Waals surface area contributed by atoms with Crippen LogP contribution < -0.4 is 5.73 Å². The lowest BCUT2D eigenvalue weighted by atomic mass is 10.1. The highest BCUT2D eigenvalue weighted by Crippen LogP contribution is 2.19. The number of nitrogens with two attached hydrogens (primary N) is 1. The Morgan fingerprint density at radius 1 is 1.33 bits per heavy atom. The van der Waals surface area contributed by atoms with Crippen LogP contribution in [0.4, 0.5) is 0 Å². The van der Waals surface area contributed by atoms with Gasteiger partial charge in [0.15, 0.2) is 0 Å². The number of carbonyl (C=O) groups excluding carboxylic acids is 1. The van der Waals surface area contributed by atoms with E-state index in [2.05, 4.69) is 0 Å². The fourth-order valence-corrected chi connectivity index (χ4v) is 2.88. The second-order valence-electron chi connectivity index (χ2n) is 5.23. The summed E-state index contributed by atoms with van der Waals surface area (Å²) in [5.74, 6) is 0.128. The van der Waals surface area contributed by atoms with Crippen molar-refractivity contribution in [3.05, 3.63) is 29.8 Å². The molecule has 1 saturated heterocycles. The van der Waals surface area contributed by atoms with Gasteiger partial charge in [-0.3, -0.25) is 4.79 Å². The molecule has 2 rings (SSSR count). The summed E-state index contributed by atoms with van der Waals surface area (Å²) in [6.07, 6.45) is 5.05. The molecule has 0 bridgehead atoms. The molecular formula is C16H24N2O2S. The number of hydrogen-bond donors (Lipinski definition) is 1. The minimum Gasteiger partial charge on any atom is -0.378 e. The van der Waals surface area contributed by atoms with E-state index in [9.17, 15) is 4.79 Å². The van der Waals surface area contributed by atoms with Crippen LogP contribution >= 0.6 is 11.8 Å². The molecule has 1 aliphatic heterocycles. The maximum absolute atomic E-state index is 12.4. The summed E-state index contributed by atoms with van der Waals surface area (Å²) in [6, 6.07) is 7.83. The third kappa shape index (κ3) is 4.73. The monoisotopic (exact) mass is 308 g/mol. The molecule has 1 fully saturated rings. The van der Waals surface area contributed by atoms with Crippen LogP contribution in [0.3, 0.4) is 0 Å². The lowest BCUT2D eigenvalue weighted by molar-refractivity contribution is 0.00844. The van der Waals surface area contributed by atoms with Gasteiger partial charge in [0, 0.05) is 30.2 Å². The van der Waals surface area contributed by atoms with Crippen LogP contribution in [0.5, 0.6) is 0 Å². The van der Waals surface area contributed by atoms with E-state index in [-0.39, 0.29) is 12.0 Å². The lowest BCUT2D eigenvalue weighted by Gasteiger charge is -2.32. The van der Waals surface area contributed by atoms with Crippen molar-refractivity contribution in [3.8, 4) is 0 Å². The minimum absolute atomic E-state index is 0.128. The average Bonchev–Trinajstić information content (AvgIpc) is 2.55. The molecule has 0 radical (unpaired) electrons. The van der Waals surface area contributed by atoms with Crippen LogP contribution in [-0.4, -0.2) is 49.4 Å². The molecule has 1 aromatic rings. The van der Waals surface area contributed by atoms with E-state index in [0.717, 1.165) is 44.5 Å². The number of likely N-dealkylation sites (tertiary alicyclic amines) is 1. The predicted octanol–water partition coefficient (Wildman–Crippen LogP) is 2.38. The van der Waals surface area contributed by atoms with E-state index < -0.39 is 0 Å². The van der Waals surface area contributed by atoms with Gasteiger partial charge < -0.3 is 15.4 Å². The molecule has 21 heavy (non-hydrogen) atoms. The van der Waals surface area contributed by atoms with Crippen molar-refractivity contribution in [2.24, 2.45) is 5.73 Å². The van der Waals surface area contributed by atoms with Gasteiger partial charge >= 0.3 is 0 Å². The van der Waals surface area contributed by atoms with Crippen LogP contribution in [0.15, 0.2) is 29.2 Å². The Morgan fingerprint density at radius 2 is 2.00 bits per heavy atom. The largest absolute Gasteiger partial charge is 0.378 e. The molecule has 1 heterocycles. The molecule has 1 amide bonds. The lowest BCUT2D eigenvalue weighted by Crippen LogP contribution is -2.41. The standard InChI is InChI=1S/C16H24N2O2S/c1-21-15-5-3-13(4-6-15)16(19)18-10-7-14(8-11-18)20-12-2-9-17/h3-6,14H,2,7-12,17H2,1H3. The fourth-order valence-electron chi connectivity index (χ4n) is 2.48. The van der Waals surface area contributed by atoms with Gasteiger partial charge in [0.25, 0.3) is 5.91 Å². The Labute approximate surface area is 131 Å². The van der Waals surface area contributed by atoms with Crippen LogP contribution in [0, 0.1) is 0 Å². The molecule has 1 aromatic carbocycles. The Hall–Kier alpha value is -1.04. The van der Waals surface area contributed by atoms with Gasteiger partial charge in [-0.2, -0.15) is 0 Å². The van der Waals surface area contributed by atoms with Crippen molar-refractivity contribution in [3.63, 3.8) is 0 Å². The first-order valence-electron chi connectivity index (χ1n) is 7.49. The highest BCUT2D eigenvalue weighted by Gasteiger charge is 2.23. The number of thioether (sulfide) groups is 1. The number of ether oxygens (including phenoxy) is 1. The predicted molar refractivity (Wildman–Crippen MR) is 86.8 cm³/mol. The first-order chi connectivity index (χ1) is 10.2. The molecule has 0 atom stereocenters. The number of amides is 1. The van der Waals surface area contributed by atoms with E-state index in [1.54, 1.807) is 11.8 Å². The van der Waals surface area contributed by atoms with Crippen LogP contribution in [-0.2, 0) is 4.74 Å². The summed E-state index contributed by atoms with van der Waals surface area (Å²) in [6.45, 7) is 2.95. The number of piperidine rings is 1. The molecule has 2 N–H and O–H groups in total. The molecule has 116 valence electrons. The Balaban J connectivity index is 1.82. The van der Waals surface area contributed by atoms with Crippen LogP contribution in [0.25, 0.3) is 0 Å². The number of hydrogen-bond acceptors (Lipinski definition) is 4. The normalized spacial score (nSPS) is 16.2. The summed E-state index contributed by atoms with van der Waals surface area (Å²) in [5.41, 5.74) is 6.23. The summed E-state index contributed by atoms with van der Waals surface area (Å²) in [5, 5.41) is 0. The number of carbonyl (C=O) groups is 1. The number of benzene rings is 1. The van der Waals surface area contributed by atoms with E-state index >= 15 is 0 Å². The summed E-state index contributed by atoms with van der Waals surface area (Å²) >= 11 is 1.68. The summed E-state index contributed by atoms with van der Waals surface area (Å²) in [7, 11) is 0. The van der Waals surface area contributed by atoms with E-state index in [0.29, 0.717) is 6.54 Å². The van der Waals surface area contributed by atoms with E-state index in [1.807, 2.05) is 35.4 Å². The quantitative estimate of drug-likeness (QED) is 0.647. The Bertz CT molecular complexity index is 442. The fraction of sp³-hybridized carbons (Fsp3) is 0.562. The maximum atomic E-state index is 12.4. The molecule has 0 aliphatic carbocycles. The molecule has 0 unspecified atom stereocenters.